The van der Waals surface area contributed by atoms with E-state index in [1.807, 2.05) is 0 Å². The molecule has 1 N–H and O–H groups in total. The third kappa shape index (κ3) is 7.06. The van der Waals surface area contributed by atoms with E-state index in [4.69, 9.17) is 9.47 Å². The molecule has 0 spiro atoms. The minimum atomic E-state index is -0.848. The zero-order valence-corrected chi connectivity index (χ0v) is 13.8. The van der Waals surface area contributed by atoms with Crippen molar-refractivity contribution in [3.63, 3.8) is 0 Å². The minimum Gasteiger partial charge on any atom is -0.458 e. The van der Waals surface area contributed by atoms with Crippen molar-refractivity contribution in [2.24, 2.45) is 10.2 Å². The summed E-state index contributed by atoms with van der Waals surface area (Å²) < 4.78 is 10.5. The first-order valence-corrected chi connectivity index (χ1v) is 6.96. The molecule has 0 radical (unpaired) electrons. The maximum absolute atomic E-state index is 12.2. The zero-order chi connectivity index (χ0) is 16.5. The molecule has 0 aromatic carbocycles. The average molecular weight is 299 g/mol. The van der Waals surface area contributed by atoms with Crippen LogP contribution in [-0.4, -0.2) is 35.0 Å². The van der Waals surface area contributed by atoms with E-state index >= 15 is 0 Å². The van der Waals surface area contributed by atoms with E-state index in [0.717, 1.165) is 0 Å². The highest BCUT2D eigenvalue weighted by atomic mass is 16.6. The molecule has 1 unspecified atom stereocenters. The predicted molar refractivity (Wildman–Crippen MR) is 76.9 cm³/mol. The molecule has 0 aromatic rings. The Hall–Kier alpha value is -1.66. The summed E-state index contributed by atoms with van der Waals surface area (Å²) in [6, 6.07) is -0.848. The number of carbonyl (C=O) groups is 2. The molecular weight excluding hydrogens is 274 g/mol. The van der Waals surface area contributed by atoms with Crippen LogP contribution >= 0.6 is 0 Å². The van der Waals surface area contributed by atoms with Crippen LogP contribution in [0.15, 0.2) is 10.2 Å². The van der Waals surface area contributed by atoms with Gasteiger partial charge in [0, 0.05) is 6.42 Å². The van der Waals surface area contributed by atoms with Gasteiger partial charge in [-0.2, -0.15) is 10.2 Å². The van der Waals surface area contributed by atoms with E-state index in [2.05, 4.69) is 15.5 Å². The molecule has 1 amide bonds. The lowest BCUT2D eigenvalue weighted by Crippen LogP contribution is -2.47. The van der Waals surface area contributed by atoms with Crippen molar-refractivity contribution in [2.45, 2.75) is 77.8 Å². The topological polar surface area (TPSA) is 89.3 Å². The molecule has 1 aliphatic rings. The van der Waals surface area contributed by atoms with Gasteiger partial charge >= 0.3 is 12.1 Å². The van der Waals surface area contributed by atoms with Crippen LogP contribution in [-0.2, 0) is 14.3 Å². The Morgan fingerprint density at radius 1 is 1.05 bits per heavy atom. The van der Waals surface area contributed by atoms with Gasteiger partial charge in [-0.15, -0.1) is 0 Å². The van der Waals surface area contributed by atoms with Gasteiger partial charge in [0.05, 0.1) is 0 Å². The van der Waals surface area contributed by atoms with Crippen LogP contribution in [0, 0.1) is 0 Å². The van der Waals surface area contributed by atoms with Crippen molar-refractivity contribution in [3.05, 3.63) is 0 Å². The number of hydrogen-bond acceptors (Lipinski definition) is 6. The molecule has 7 heteroatoms. The second kappa shape index (κ2) is 5.61. The number of alkyl carbamates (subject to hydrolysis) is 1. The van der Waals surface area contributed by atoms with Gasteiger partial charge in [-0.25, -0.2) is 9.59 Å². The number of ether oxygens (including phenoxy) is 2. The smallest absolute Gasteiger partial charge is 0.408 e. The summed E-state index contributed by atoms with van der Waals surface area (Å²) in [4.78, 5) is 24.0. The van der Waals surface area contributed by atoms with Crippen molar-refractivity contribution in [2.75, 3.05) is 0 Å². The third-order valence-corrected chi connectivity index (χ3v) is 2.41. The van der Waals surface area contributed by atoms with Crippen LogP contribution in [0.5, 0.6) is 0 Å². The molecule has 21 heavy (non-hydrogen) atoms. The van der Waals surface area contributed by atoms with Crippen molar-refractivity contribution in [3.8, 4) is 0 Å². The molecule has 1 atom stereocenters. The summed E-state index contributed by atoms with van der Waals surface area (Å²) in [5.41, 5.74) is -1.90. The van der Waals surface area contributed by atoms with E-state index in [0.29, 0.717) is 0 Å². The normalized spacial score (nSPS) is 17.9. The maximum Gasteiger partial charge on any atom is 0.408 e. The van der Waals surface area contributed by atoms with Crippen molar-refractivity contribution in [1.29, 1.82) is 0 Å². The van der Waals surface area contributed by atoms with Gasteiger partial charge in [-0.3, -0.25) is 0 Å². The fourth-order valence-electron chi connectivity index (χ4n) is 1.57. The van der Waals surface area contributed by atoms with Crippen LogP contribution in [0.2, 0.25) is 0 Å². The van der Waals surface area contributed by atoms with Crippen LogP contribution in [0.1, 0.15) is 54.9 Å². The molecule has 1 aliphatic heterocycles. The predicted octanol–water partition coefficient (Wildman–Crippen LogP) is 2.79. The molecule has 1 rings (SSSR count). The first-order valence-electron chi connectivity index (χ1n) is 6.96. The second-order valence-corrected chi connectivity index (χ2v) is 7.35. The van der Waals surface area contributed by atoms with Gasteiger partial charge in [-0.05, 0) is 48.5 Å². The van der Waals surface area contributed by atoms with Crippen LogP contribution in [0.25, 0.3) is 0 Å². The number of carbonyl (C=O) groups excluding carboxylic acids is 2. The molecular formula is C14H25N3O4. The summed E-state index contributed by atoms with van der Waals surface area (Å²) in [6.07, 6.45) is -0.413. The second-order valence-electron chi connectivity index (χ2n) is 7.35. The van der Waals surface area contributed by atoms with Gasteiger partial charge in [0.15, 0.2) is 5.66 Å². The summed E-state index contributed by atoms with van der Waals surface area (Å²) in [5, 5.41) is 10.3. The van der Waals surface area contributed by atoms with Crippen LogP contribution < -0.4 is 5.32 Å². The van der Waals surface area contributed by atoms with E-state index in [9.17, 15) is 9.59 Å². The molecule has 0 saturated heterocycles. The lowest BCUT2D eigenvalue weighted by atomic mass is 10.1. The Bertz CT molecular complexity index is 440. The molecule has 120 valence electrons. The monoisotopic (exact) mass is 299 g/mol. The Labute approximate surface area is 125 Å². The summed E-state index contributed by atoms with van der Waals surface area (Å²) in [6.45, 7) is 12.3. The highest BCUT2D eigenvalue weighted by molar-refractivity contribution is 5.81. The largest absolute Gasteiger partial charge is 0.458 e. The van der Waals surface area contributed by atoms with Gasteiger partial charge < -0.3 is 14.8 Å². The number of esters is 1. The van der Waals surface area contributed by atoms with Crippen molar-refractivity contribution >= 4 is 12.1 Å². The fourth-order valence-corrected chi connectivity index (χ4v) is 1.57. The Morgan fingerprint density at radius 3 is 1.90 bits per heavy atom. The van der Waals surface area contributed by atoms with Crippen molar-refractivity contribution < 1.29 is 19.1 Å². The third-order valence-electron chi connectivity index (χ3n) is 2.41. The molecule has 1 heterocycles. The lowest BCUT2D eigenvalue weighted by Gasteiger charge is -2.26. The molecule has 0 saturated carbocycles. The maximum atomic E-state index is 12.2. The van der Waals surface area contributed by atoms with E-state index in [1.54, 1.807) is 48.5 Å². The number of amides is 1. The van der Waals surface area contributed by atoms with Gasteiger partial charge in [0.25, 0.3) is 0 Å². The molecule has 7 nitrogen and oxygen atoms in total. The number of nitrogens with one attached hydrogen (secondary N) is 1. The van der Waals surface area contributed by atoms with E-state index in [1.165, 1.54) is 0 Å². The molecule has 0 aromatic heterocycles. The zero-order valence-electron chi connectivity index (χ0n) is 13.8. The van der Waals surface area contributed by atoms with Crippen molar-refractivity contribution in [1.82, 2.24) is 5.32 Å². The number of hydrogen-bond donors (Lipinski definition) is 1. The first kappa shape index (κ1) is 17.4. The van der Waals surface area contributed by atoms with Gasteiger partial charge in [-0.1, -0.05) is 0 Å². The fraction of sp³-hybridized carbons (Fsp3) is 0.857. The Morgan fingerprint density at radius 2 is 1.52 bits per heavy atom. The number of nitrogens with zero attached hydrogens (tertiary/aromatic N) is 2. The highest BCUT2D eigenvalue weighted by Gasteiger charge is 2.41. The van der Waals surface area contributed by atoms with Gasteiger partial charge in [0.2, 0.25) is 0 Å². The summed E-state index contributed by atoms with van der Waals surface area (Å²) in [5.74, 6) is -0.521. The summed E-state index contributed by atoms with van der Waals surface area (Å²) in [7, 11) is 0. The average Bonchev–Trinajstić information content (AvgIpc) is 2.89. The lowest BCUT2D eigenvalue weighted by molar-refractivity contribution is -0.157. The Kier molecular flexibility index (Phi) is 4.65. The van der Waals surface area contributed by atoms with Crippen LogP contribution in [0.3, 0.4) is 0 Å². The minimum absolute atomic E-state index is 0.251. The summed E-state index contributed by atoms with van der Waals surface area (Å²) >= 11 is 0. The first-order chi connectivity index (χ1) is 9.30. The molecule has 0 fully saturated rings. The van der Waals surface area contributed by atoms with Crippen LogP contribution in [0.4, 0.5) is 4.79 Å². The molecule has 0 bridgehead atoms. The quantitative estimate of drug-likeness (QED) is 0.808. The van der Waals surface area contributed by atoms with Gasteiger partial charge in [0.1, 0.15) is 17.2 Å². The standard InChI is InChI=1S/C14H25N3O4/c1-12(2,3)20-10(18)9(8-14(7)16-17-14)15-11(19)21-13(4,5)6/h9H,8H2,1-7H3,(H,15,19). The Balaban J connectivity index is 2.68. The van der Waals surface area contributed by atoms with E-state index < -0.39 is 35.0 Å². The highest BCUT2D eigenvalue weighted by Crippen LogP contribution is 2.32. The van der Waals surface area contributed by atoms with E-state index in [-0.39, 0.29) is 6.42 Å². The molecule has 0 aliphatic carbocycles. The SMILES string of the molecule is CC1(CC(NC(=O)OC(C)(C)C)C(=O)OC(C)(C)C)N=N1. The number of rotatable bonds is 4.